The van der Waals surface area contributed by atoms with Crippen LogP contribution in [0.3, 0.4) is 0 Å². The highest BCUT2D eigenvalue weighted by Crippen LogP contribution is 2.50. The van der Waals surface area contributed by atoms with E-state index < -0.39 is 59.6 Å². The molecule has 1 aliphatic rings. The third-order valence-electron chi connectivity index (χ3n) is 6.92. The molecule has 4 atom stereocenters. The first kappa shape index (κ1) is 31.4. The zero-order chi connectivity index (χ0) is 32.7. The van der Waals surface area contributed by atoms with Crippen LogP contribution in [0.1, 0.15) is 37.3 Å². The van der Waals surface area contributed by atoms with E-state index in [0.717, 1.165) is 22.9 Å². The summed E-state index contributed by atoms with van der Waals surface area (Å²) in [5, 5.41) is 0. The number of aromatic amines is 1. The van der Waals surface area contributed by atoms with Gasteiger partial charge >= 0.3 is 23.6 Å². The van der Waals surface area contributed by atoms with Gasteiger partial charge in [0.1, 0.15) is 0 Å². The number of nitrogens with one attached hydrogen (secondary N) is 1. The van der Waals surface area contributed by atoms with Gasteiger partial charge in [-0.1, -0.05) is 66.1 Å². The molecule has 0 unspecified atom stereocenters. The first-order chi connectivity index (χ1) is 22.2. The Morgan fingerprint density at radius 1 is 0.870 bits per heavy atom. The Bertz CT molecular complexity index is 1950. The monoisotopic (exact) mass is 624 g/mol. The van der Waals surface area contributed by atoms with Crippen molar-refractivity contribution >= 4 is 17.9 Å². The summed E-state index contributed by atoms with van der Waals surface area (Å²) < 4.78 is 40.8. The van der Waals surface area contributed by atoms with Gasteiger partial charge < -0.3 is 18.9 Å². The van der Waals surface area contributed by atoms with Crippen molar-refractivity contribution in [2.24, 2.45) is 0 Å². The Labute approximate surface area is 260 Å². The molecule has 1 aromatic heterocycles. The molecule has 0 bridgehead atoms. The number of H-pyrrole nitrogens is 1. The molecule has 1 aliphatic heterocycles. The zero-order valence-electron chi connectivity index (χ0n) is 24.0. The standard InChI is InChI=1S/C34H25FN2O9/c1-2-3-20-33(45-29(41)25-17-11-6-12-18-25)30(44-28(40)24-15-9-5-10-16-24)34(35,22-43-27(39)23-13-7-4-8-14-23)46-31(33)37-21-19-26(38)36-32(37)42/h4-21,30-31H,1,22H2,(H,36,38,42)/t30-,31+,33+,34+/m0/s1. The van der Waals surface area contributed by atoms with Crippen LogP contribution in [0, 0.1) is 0 Å². The van der Waals surface area contributed by atoms with E-state index in [4.69, 9.17) is 18.9 Å². The second kappa shape index (κ2) is 13.3. The summed E-state index contributed by atoms with van der Waals surface area (Å²) in [6.07, 6.45) is -2.29. The van der Waals surface area contributed by atoms with Gasteiger partial charge in [0.25, 0.3) is 11.4 Å². The number of benzene rings is 3. The molecular formula is C34H25FN2O9. The summed E-state index contributed by atoms with van der Waals surface area (Å²) >= 11 is 0. The minimum absolute atomic E-state index is 0.00502. The lowest BCUT2D eigenvalue weighted by atomic mass is 9.91. The first-order valence-electron chi connectivity index (χ1n) is 13.7. The maximum Gasteiger partial charge on any atom is 0.339 e. The summed E-state index contributed by atoms with van der Waals surface area (Å²) in [5.74, 6) is -6.34. The van der Waals surface area contributed by atoms with E-state index in [1.807, 2.05) is 4.98 Å². The Hall–Kier alpha value is -6.06. The number of carbonyl (C=O) groups is 3. The minimum Gasteiger partial charge on any atom is -0.456 e. The van der Waals surface area contributed by atoms with E-state index in [2.05, 4.69) is 18.0 Å². The molecule has 0 saturated carbocycles. The van der Waals surface area contributed by atoms with Crippen molar-refractivity contribution in [3.05, 3.63) is 165 Å². The van der Waals surface area contributed by atoms with Crippen molar-refractivity contribution in [2.75, 3.05) is 6.61 Å². The van der Waals surface area contributed by atoms with Gasteiger partial charge in [-0.05, 0) is 43.0 Å². The minimum atomic E-state index is -3.27. The van der Waals surface area contributed by atoms with Gasteiger partial charge in [0.15, 0.2) is 12.8 Å². The van der Waals surface area contributed by atoms with Gasteiger partial charge in [0.2, 0.25) is 11.7 Å². The van der Waals surface area contributed by atoms with Crippen molar-refractivity contribution < 1.29 is 37.7 Å². The Morgan fingerprint density at radius 2 is 1.41 bits per heavy atom. The largest absolute Gasteiger partial charge is 0.456 e. The predicted molar refractivity (Wildman–Crippen MR) is 159 cm³/mol. The topological polar surface area (TPSA) is 143 Å². The smallest absolute Gasteiger partial charge is 0.339 e. The van der Waals surface area contributed by atoms with Crippen molar-refractivity contribution in [2.45, 2.75) is 23.8 Å². The third-order valence-corrected chi connectivity index (χ3v) is 6.92. The quantitative estimate of drug-likeness (QED) is 0.167. The molecule has 0 amide bonds. The fourth-order valence-electron chi connectivity index (χ4n) is 4.79. The Kier molecular flexibility index (Phi) is 9.06. The average molecular weight is 625 g/mol. The molecule has 0 radical (unpaired) electrons. The number of hydrogen-bond acceptors (Lipinski definition) is 9. The Balaban J connectivity index is 1.69. The second-order valence-corrected chi connectivity index (χ2v) is 9.94. The molecule has 5 rings (SSSR count). The SMILES string of the molecule is C=C=C=C[C@]1(OC(=O)c2ccccc2)[C@H](n2ccc(=O)[nH]c2=O)O[C@](F)(COC(=O)c2ccccc2)[C@H]1OC(=O)c1ccccc1. The fourth-order valence-corrected chi connectivity index (χ4v) is 4.79. The van der Waals surface area contributed by atoms with Crippen LogP contribution in [0.2, 0.25) is 0 Å². The maximum atomic E-state index is 17.4. The number of nitrogens with zero attached hydrogens (tertiary/aromatic N) is 1. The highest BCUT2D eigenvalue weighted by atomic mass is 19.2. The molecule has 46 heavy (non-hydrogen) atoms. The van der Waals surface area contributed by atoms with Crippen LogP contribution in [0.5, 0.6) is 0 Å². The van der Waals surface area contributed by atoms with Crippen LogP contribution in [0.4, 0.5) is 4.39 Å². The number of rotatable bonds is 9. The summed E-state index contributed by atoms with van der Waals surface area (Å²) in [6.45, 7) is 2.25. The van der Waals surface area contributed by atoms with Gasteiger partial charge in [-0.15, -0.1) is 0 Å². The molecule has 1 fully saturated rings. The number of esters is 3. The highest BCUT2D eigenvalue weighted by molar-refractivity contribution is 5.91. The van der Waals surface area contributed by atoms with Crippen LogP contribution in [0.15, 0.2) is 137 Å². The molecule has 232 valence electrons. The molecule has 3 aromatic carbocycles. The Morgan fingerprint density at radius 3 is 1.96 bits per heavy atom. The molecule has 4 aromatic rings. The summed E-state index contributed by atoms with van der Waals surface area (Å²) in [4.78, 5) is 66.9. The van der Waals surface area contributed by atoms with Crippen LogP contribution in [0.25, 0.3) is 0 Å². The van der Waals surface area contributed by atoms with Crippen LogP contribution in [-0.4, -0.2) is 51.6 Å². The van der Waals surface area contributed by atoms with E-state index in [0.29, 0.717) is 0 Å². The van der Waals surface area contributed by atoms with Crippen molar-refractivity contribution in [3.63, 3.8) is 0 Å². The summed E-state index contributed by atoms with van der Waals surface area (Å²) in [7, 11) is 0. The molecule has 11 nitrogen and oxygen atoms in total. The van der Waals surface area contributed by atoms with Crippen molar-refractivity contribution in [1.82, 2.24) is 9.55 Å². The molecule has 0 spiro atoms. The molecule has 1 N–H and O–H groups in total. The van der Waals surface area contributed by atoms with Gasteiger partial charge in [-0.25, -0.2) is 23.6 Å². The lowest BCUT2D eigenvalue weighted by Crippen LogP contribution is -2.55. The van der Waals surface area contributed by atoms with Crippen molar-refractivity contribution in [1.29, 1.82) is 0 Å². The molecule has 1 saturated heterocycles. The van der Waals surface area contributed by atoms with Gasteiger partial charge in [0, 0.05) is 18.3 Å². The molecule has 12 heteroatoms. The number of alkyl halides is 1. The van der Waals surface area contributed by atoms with Crippen molar-refractivity contribution in [3.8, 4) is 0 Å². The van der Waals surface area contributed by atoms with Gasteiger partial charge in [0.05, 0.1) is 16.7 Å². The van der Waals surface area contributed by atoms with Gasteiger partial charge in [-0.2, -0.15) is 0 Å². The lowest BCUT2D eigenvalue weighted by Gasteiger charge is -2.35. The zero-order valence-corrected chi connectivity index (χ0v) is 24.0. The van der Waals surface area contributed by atoms with E-state index in [-0.39, 0.29) is 16.7 Å². The number of hydrogen-bond donors (Lipinski definition) is 1. The molecular weight excluding hydrogens is 599 g/mol. The normalized spacial score (nSPS) is 21.7. The van der Waals surface area contributed by atoms with E-state index in [1.165, 1.54) is 48.5 Å². The number of carbonyl (C=O) groups excluding carboxylic acids is 3. The van der Waals surface area contributed by atoms with Crippen LogP contribution < -0.4 is 11.2 Å². The van der Waals surface area contributed by atoms with E-state index >= 15 is 4.39 Å². The third kappa shape index (κ3) is 6.40. The van der Waals surface area contributed by atoms with Crippen LogP contribution >= 0.6 is 0 Å². The molecule has 0 aliphatic carbocycles. The first-order valence-corrected chi connectivity index (χ1v) is 13.7. The maximum absolute atomic E-state index is 17.4. The number of halogens is 1. The van der Waals surface area contributed by atoms with E-state index in [1.54, 1.807) is 42.5 Å². The lowest BCUT2D eigenvalue weighted by molar-refractivity contribution is -0.208. The second-order valence-electron chi connectivity index (χ2n) is 9.94. The van der Waals surface area contributed by atoms with Gasteiger partial charge in [-0.3, -0.25) is 14.3 Å². The predicted octanol–water partition coefficient (Wildman–Crippen LogP) is 3.91. The average Bonchev–Trinajstić information content (AvgIpc) is 3.30. The summed E-state index contributed by atoms with van der Waals surface area (Å²) in [6, 6.07) is 23.7. The highest BCUT2D eigenvalue weighted by Gasteiger charge is 2.71. The molecule has 2 heterocycles. The summed E-state index contributed by atoms with van der Waals surface area (Å²) in [5.41, 5.74) is 0.476. The van der Waals surface area contributed by atoms with E-state index in [9.17, 15) is 24.0 Å². The van der Waals surface area contributed by atoms with Crippen LogP contribution in [-0.2, 0) is 18.9 Å². The number of aromatic nitrogens is 2. The fraction of sp³-hybridized carbons (Fsp3) is 0.147. The number of ether oxygens (including phenoxy) is 4.